The number of hydrogen-bond acceptors (Lipinski definition) is 9. The van der Waals surface area contributed by atoms with Gasteiger partial charge in [-0.05, 0) is 17.7 Å². The molecular formula is C27H21ClF3N6O6S2+. The van der Waals surface area contributed by atoms with E-state index in [9.17, 15) is 37.5 Å². The predicted molar refractivity (Wildman–Crippen MR) is 156 cm³/mol. The third-order valence-electron chi connectivity index (χ3n) is 6.43. The van der Waals surface area contributed by atoms with Crippen LogP contribution in [0.15, 0.2) is 76.7 Å². The van der Waals surface area contributed by atoms with Gasteiger partial charge >= 0.3 is 18.1 Å². The van der Waals surface area contributed by atoms with Crippen molar-refractivity contribution in [2.45, 2.75) is 30.7 Å². The first-order valence-electron chi connectivity index (χ1n) is 12.9. The number of alkyl halides is 3. The molecule has 234 valence electrons. The molecule has 1 unspecified atom stereocenters. The number of rotatable bonds is 10. The molecule has 1 aromatic carbocycles. The van der Waals surface area contributed by atoms with Crippen LogP contribution in [0.1, 0.15) is 11.3 Å². The summed E-state index contributed by atoms with van der Waals surface area (Å²) < 4.78 is 39.9. The number of hydrogen-bond donors (Lipinski definition) is 3. The molecule has 2 aliphatic rings. The molecule has 1 fully saturated rings. The Bertz CT molecular complexity index is 1700. The van der Waals surface area contributed by atoms with Crippen LogP contribution < -0.4 is 15.2 Å². The van der Waals surface area contributed by atoms with Crippen molar-refractivity contribution in [3.63, 3.8) is 0 Å². The molecule has 12 nitrogen and oxygen atoms in total. The first-order valence-corrected chi connectivity index (χ1v) is 15.2. The predicted octanol–water partition coefficient (Wildman–Crippen LogP) is 2.94. The Kier molecular flexibility index (Phi) is 9.40. The Morgan fingerprint density at radius 2 is 1.89 bits per heavy atom. The highest BCUT2D eigenvalue weighted by atomic mass is 35.5. The number of thiazole rings is 1. The Morgan fingerprint density at radius 1 is 1.18 bits per heavy atom. The van der Waals surface area contributed by atoms with Crippen LogP contribution in [0.25, 0.3) is 0 Å². The quantitative estimate of drug-likeness (QED) is 0.128. The fraction of sp³-hybridized carbons (Fsp3) is 0.222. The molecule has 45 heavy (non-hydrogen) atoms. The van der Waals surface area contributed by atoms with E-state index in [1.807, 2.05) is 6.07 Å². The lowest BCUT2D eigenvalue weighted by Crippen LogP contribution is -2.71. The molecule has 0 spiro atoms. The minimum atomic E-state index is -5.17. The van der Waals surface area contributed by atoms with Crippen molar-refractivity contribution in [1.82, 2.24) is 15.2 Å². The van der Waals surface area contributed by atoms with E-state index in [0.717, 1.165) is 4.90 Å². The maximum absolute atomic E-state index is 13.4. The van der Waals surface area contributed by atoms with Crippen LogP contribution in [0.2, 0.25) is 5.02 Å². The number of oxime groups is 1. The summed E-state index contributed by atoms with van der Waals surface area (Å²) in [5.74, 6) is -4.92. The standard InChI is InChI=1S/C27H20ClF3N6O6S2/c28-16-6-4-14(5-7-16)11-43-35-18(17-13-45-26(32-17)34-25(42)27(29,30)31)21(38)33-19-22(39)37-20(24(40)41)15(12-44-23(19)37)10-36-8-2-1-3-9-36/h1-9,13,19,23H,10-12H2,(H2-,32,33,34,38,40,41,42)/p+1/t19?,23-/m1/s1. The van der Waals surface area contributed by atoms with Crippen LogP contribution in [-0.4, -0.2) is 67.7 Å². The van der Waals surface area contributed by atoms with Crippen LogP contribution in [-0.2, 0) is 37.2 Å². The van der Waals surface area contributed by atoms with Gasteiger partial charge in [0.1, 0.15) is 29.4 Å². The first kappa shape index (κ1) is 31.9. The molecule has 0 bridgehead atoms. The zero-order valence-corrected chi connectivity index (χ0v) is 25.0. The Morgan fingerprint density at radius 3 is 2.56 bits per heavy atom. The highest BCUT2D eigenvalue weighted by Crippen LogP contribution is 2.40. The summed E-state index contributed by atoms with van der Waals surface area (Å²) >= 11 is 7.75. The van der Waals surface area contributed by atoms with Crippen molar-refractivity contribution in [2.75, 3.05) is 11.1 Å². The van der Waals surface area contributed by atoms with Gasteiger partial charge in [0.15, 0.2) is 29.8 Å². The molecule has 0 radical (unpaired) electrons. The van der Waals surface area contributed by atoms with Crippen molar-refractivity contribution in [1.29, 1.82) is 0 Å². The number of β-lactam (4-membered cyclic amide) rings is 1. The number of pyridine rings is 1. The molecule has 4 heterocycles. The molecule has 0 aliphatic carbocycles. The normalized spacial score (nSPS) is 18.2. The number of carboxylic acid groups (broad SMARTS) is 1. The van der Waals surface area contributed by atoms with Gasteiger partial charge in [-0.3, -0.25) is 24.6 Å². The second-order valence-electron chi connectivity index (χ2n) is 9.50. The van der Waals surface area contributed by atoms with Crippen molar-refractivity contribution >= 4 is 69.2 Å². The highest BCUT2D eigenvalue weighted by molar-refractivity contribution is 8.00. The second-order valence-corrected chi connectivity index (χ2v) is 11.9. The van der Waals surface area contributed by atoms with Crippen molar-refractivity contribution in [3.8, 4) is 0 Å². The second kappa shape index (κ2) is 13.3. The maximum atomic E-state index is 13.4. The number of aromatic nitrogens is 2. The number of carboxylic acids is 1. The third kappa shape index (κ3) is 7.26. The molecule has 0 saturated carbocycles. The number of nitrogens with zero attached hydrogens (tertiary/aromatic N) is 4. The van der Waals surface area contributed by atoms with Gasteiger partial charge in [0.25, 0.3) is 11.8 Å². The molecule has 1 saturated heterocycles. The van der Waals surface area contributed by atoms with Gasteiger partial charge in [0, 0.05) is 33.9 Å². The zero-order chi connectivity index (χ0) is 32.3. The number of anilines is 1. The summed E-state index contributed by atoms with van der Waals surface area (Å²) in [6.07, 6.45) is -1.64. The average molecular weight is 682 g/mol. The molecule has 3 amide bonds. The van der Waals surface area contributed by atoms with Gasteiger partial charge in [0.2, 0.25) is 0 Å². The van der Waals surface area contributed by atoms with E-state index in [4.69, 9.17) is 16.4 Å². The van der Waals surface area contributed by atoms with Crippen LogP contribution in [0.4, 0.5) is 18.3 Å². The Labute approximate surface area is 265 Å². The number of thioether (sulfide) groups is 1. The Hall–Kier alpha value is -4.48. The third-order valence-corrected chi connectivity index (χ3v) is 8.78. The molecule has 2 aromatic heterocycles. The highest BCUT2D eigenvalue weighted by Gasteiger charge is 2.55. The van der Waals surface area contributed by atoms with Gasteiger partial charge < -0.3 is 15.3 Å². The number of amides is 3. The summed E-state index contributed by atoms with van der Waals surface area (Å²) in [6, 6.07) is 10.7. The summed E-state index contributed by atoms with van der Waals surface area (Å²) in [6.45, 7) is 0.112. The van der Waals surface area contributed by atoms with Crippen molar-refractivity contribution in [2.24, 2.45) is 5.16 Å². The topological polar surface area (TPSA) is 154 Å². The van der Waals surface area contributed by atoms with Gasteiger partial charge in [0.05, 0.1) is 0 Å². The van der Waals surface area contributed by atoms with E-state index >= 15 is 0 Å². The number of carbonyl (C=O) groups is 4. The minimum absolute atomic E-state index is 0.126. The number of halogens is 4. The van der Waals surface area contributed by atoms with Gasteiger partial charge in [-0.2, -0.15) is 13.2 Å². The number of benzene rings is 1. The summed E-state index contributed by atoms with van der Waals surface area (Å²) in [7, 11) is 0. The molecular weight excluding hydrogens is 661 g/mol. The lowest BCUT2D eigenvalue weighted by molar-refractivity contribution is -0.689. The van der Waals surface area contributed by atoms with Gasteiger partial charge in [-0.1, -0.05) is 35.0 Å². The van der Waals surface area contributed by atoms with E-state index in [-0.39, 0.29) is 30.3 Å². The zero-order valence-electron chi connectivity index (χ0n) is 22.7. The van der Waals surface area contributed by atoms with Crippen LogP contribution in [0.3, 0.4) is 0 Å². The lowest BCUT2D eigenvalue weighted by atomic mass is 10.0. The molecule has 18 heteroatoms. The van der Waals surface area contributed by atoms with Crippen LogP contribution in [0, 0.1) is 0 Å². The molecule has 2 aliphatic heterocycles. The number of carbonyl (C=O) groups excluding carboxylic acids is 3. The van der Waals surface area contributed by atoms with Gasteiger partial charge in [-0.15, -0.1) is 23.1 Å². The Balaban J connectivity index is 1.35. The monoisotopic (exact) mass is 681 g/mol. The van der Waals surface area contributed by atoms with E-state index < -0.39 is 52.1 Å². The largest absolute Gasteiger partial charge is 0.477 e. The number of aliphatic carboxylic acids is 1. The van der Waals surface area contributed by atoms with Crippen LogP contribution >= 0.6 is 34.7 Å². The number of nitrogens with one attached hydrogen (secondary N) is 2. The SMILES string of the molecule is O=C(O)C1=C(C[n+]2ccccc2)CS[C@@H]2C(NC(=O)C(=NOCc3ccc(Cl)cc3)c3csc(NC(=O)C(F)(F)F)n3)C(=O)N12. The number of fused-ring (bicyclic) bond motifs is 1. The summed E-state index contributed by atoms with van der Waals surface area (Å²) in [4.78, 5) is 60.5. The van der Waals surface area contributed by atoms with E-state index in [1.165, 1.54) is 17.1 Å². The fourth-order valence-electron chi connectivity index (χ4n) is 4.34. The lowest BCUT2D eigenvalue weighted by Gasteiger charge is -2.49. The first-order chi connectivity index (χ1) is 21.4. The molecule has 3 aromatic rings. The fourth-order valence-corrected chi connectivity index (χ4v) is 6.49. The van der Waals surface area contributed by atoms with Crippen LogP contribution in [0.5, 0.6) is 0 Å². The molecule has 5 rings (SSSR count). The van der Waals surface area contributed by atoms with E-state index in [0.29, 0.717) is 27.5 Å². The maximum Gasteiger partial charge on any atom is 0.471 e. The van der Waals surface area contributed by atoms with Crippen molar-refractivity contribution < 1.29 is 46.9 Å². The van der Waals surface area contributed by atoms with Crippen molar-refractivity contribution in [3.05, 3.63) is 87.8 Å². The van der Waals surface area contributed by atoms with E-state index in [2.05, 4.69) is 15.5 Å². The minimum Gasteiger partial charge on any atom is -0.477 e. The smallest absolute Gasteiger partial charge is 0.471 e. The summed E-state index contributed by atoms with van der Waals surface area (Å²) in [5.41, 5.74) is 0.233. The molecule has 2 atom stereocenters. The molecule has 3 N–H and O–H groups in total. The summed E-state index contributed by atoms with van der Waals surface area (Å²) in [5, 5.41) is 18.4. The van der Waals surface area contributed by atoms with E-state index in [1.54, 1.807) is 58.7 Å². The average Bonchev–Trinajstić information content (AvgIpc) is 3.46. The van der Waals surface area contributed by atoms with Gasteiger partial charge in [-0.25, -0.2) is 14.3 Å².